The maximum Gasteiger partial charge on any atom is 0.251 e. The largest absolute Gasteiger partial charge is 0.345 e. The van der Waals surface area contributed by atoms with Crippen LogP contribution in [0, 0.1) is 13.8 Å². The maximum atomic E-state index is 13.0. The van der Waals surface area contributed by atoms with Crippen molar-refractivity contribution in [1.82, 2.24) is 19.6 Å². The van der Waals surface area contributed by atoms with Gasteiger partial charge in [0.25, 0.3) is 5.91 Å². The van der Waals surface area contributed by atoms with Gasteiger partial charge in [0, 0.05) is 37.9 Å². The molecule has 0 saturated heterocycles. The van der Waals surface area contributed by atoms with Crippen LogP contribution in [0.15, 0.2) is 11.1 Å². The average Bonchev–Trinajstić information content (AvgIpc) is 3.06. The molecule has 2 heterocycles. The Morgan fingerprint density at radius 1 is 1.29 bits per heavy atom. The van der Waals surface area contributed by atoms with Gasteiger partial charge in [-0.1, -0.05) is 6.42 Å². The number of aromatic nitrogens is 2. The third-order valence-electron chi connectivity index (χ3n) is 6.46. The van der Waals surface area contributed by atoms with Crippen LogP contribution in [-0.2, 0) is 23.1 Å². The van der Waals surface area contributed by atoms with Crippen LogP contribution in [0.2, 0.25) is 0 Å². The van der Waals surface area contributed by atoms with Crippen LogP contribution in [0.5, 0.6) is 0 Å². The number of amides is 2. The van der Waals surface area contributed by atoms with Gasteiger partial charge in [0.1, 0.15) is 0 Å². The second kappa shape index (κ2) is 8.10. The highest BCUT2D eigenvalue weighted by atomic mass is 16.2. The van der Waals surface area contributed by atoms with Crippen molar-refractivity contribution in [3.63, 3.8) is 0 Å². The van der Waals surface area contributed by atoms with Crippen LogP contribution >= 0.6 is 0 Å². The van der Waals surface area contributed by atoms with E-state index in [1.165, 1.54) is 11.1 Å². The first-order valence-corrected chi connectivity index (χ1v) is 10.5. The smallest absolute Gasteiger partial charge is 0.251 e. The monoisotopic (exact) mass is 386 g/mol. The molecule has 154 valence electrons. The van der Waals surface area contributed by atoms with Crippen molar-refractivity contribution < 1.29 is 9.59 Å². The van der Waals surface area contributed by atoms with E-state index in [0.717, 1.165) is 49.1 Å². The summed E-state index contributed by atoms with van der Waals surface area (Å²) >= 11 is 0. The second-order valence-electron chi connectivity index (χ2n) is 8.59. The number of nitrogens with zero attached hydrogens (tertiary/aromatic N) is 4. The van der Waals surface area contributed by atoms with Gasteiger partial charge in [-0.2, -0.15) is 5.10 Å². The average molecular weight is 387 g/mol. The van der Waals surface area contributed by atoms with E-state index in [9.17, 15) is 9.59 Å². The predicted octanol–water partition coefficient (Wildman–Crippen LogP) is 2.92. The quantitative estimate of drug-likeness (QED) is 0.755. The molecule has 1 unspecified atom stereocenters. The van der Waals surface area contributed by atoms with E-state index in [2.05, 4.69) is 25.9 Å². The Bertz CT molecular complexity index is 806. The summed E-state index contributed by atoms with van der Waals surface area (Å²) in [5, 5.41) is 4.45. The molecule has 1 aromatic heterocycles. The molecular weight excluding hydrogens is 352 g/mol. The Kier molecular flexibility index (Phi) is 5.96. The molecule has 0 spiro atoms. The first-order valence-electron chi connectivity index (χ1n) is 10.5. The van der Waals surface area contributed by atoms with Gasteiger partial charge in [-0.25, -0.2) is 0 Å². The van der Waals surface area contributed by atoms with Gasteiger partial charge in [0.05, 0.1) is 18.2 Å². The van der Waals surface area contributed by atoms with Crippen LogP contribution in [0.4, 0.5) is 0 Å². The van der Waals surface area contributed by atoms with Crippen LogP contribution in [0.1, 0.15) is 62.9 Å². The Labute approximate surface area is 168 Å². The number of likely N-dealkylation sites (N-methyl/N-ethyl adjacent to an activating group) is 1. The topological polar surface area (TPSA) is 58.4 Å². The van der Waals surface area contributed by atoms with Crippen LogP contribution in [0.3, 0.4) is 0 Å². The third-order valence-corrected chi connectivity index (χ3v) is 6.46. The Hall–Kier alpha value is -2.11. The van der Waals surface area contributed by atoms with Gasteiger partial charge in [0.2, 0.25) is 5.91 Å². The summed E-state index contributed by atoms with van der Waals surface area (Å²) in [5.74, 6) is 0.113. The highest BCUT2D eigenvalue weighted by Crippen LogP contribution is 2.39. The molecule has 3 rings (SSSR count). The fourth-order valence-corrected chi connectivity index (χ4v) is 4.74. The fraction of sp³-hybridized carbons (Fsp3) is 0.682. The normalized spacial score (nSPS) is 19.6. The first-order chi connectivity index (χ1) is 13.2. The van der Waals surface area contributed by atoms with Crippen molar-refractivity contribution in [2.24, 2.45) is 7.05 Å². The van der Waals surface area contributed by atoms with Crippen molar-refractivity contribution in [1.29, 1.82) is 0 Å². The summed E-state index contributed by atoms with van der Waals surface area (Å²) in [6.45, 7) is 8.85. The number of aryl methyl sites for hydroxylation is 2. The van der Waals surface area contributed by atoms with Gasteiger partial charge in [0.15, 0.2) is 0 Å². The highest BCUT2D eigenvalue weighted by Gasteiger charge is 2.41. The molecule has 1 aliphatic carbocycles. The van der Waals surface area contributed by atoms with E-state index in [4.69, 9.17) is 0 Å². The van der Waals surface area contributed by atoms with Crippen LogP contribution in [0.25, 0.3) is 0 Å². The fourth-order valence-electron chi connectivity index (χ4n) is 4.74. The summed E-state index contributed by atoms with van der Waals surface area (Å²) < 4.78 is 1.89. The van der Waals surface area contributed by atoms with E-state index < -0.39 is 0 Å². The predicted molar refractivity (Wildman–Crippen MR) is 110 cm³/mol. The van der Waals surface area contributed by atoms with Crippen molar-refractivity contribution in [3.05, 3.63) is 28.1 Å². The lowest BCUT2D eigenvalue weighted by Gasteiger charge is -2.33. The van der Waals surface area contributed by atoms with Gasteiger partial charge in [-0.3, -0.25) is 14.3 Å². The molecule has 6 heteroatoms. The minimum absolute atomic E-state index is 0.0324. The van der Waals surface area contributed by atoms with Crippen molar-refractivity contribution >= 4 is 11.8 Å². The van der Waals surface area contributed by atoms with Gasteiger partial charge >= 0.3 is 0 Å². The summed E-state index contributed by atoms with van der Waals surface area (Å²) in [6, 6.07) is 0.391. The van der Waals surface area contributed by atoms with E-state index in [-0.39, 0.29) is 30.3 Å². The lowest BCUT2D eigenvalue weighted by Crippen LogP contribution is -2.41. The molecule has 0 N–H and O–H groups in total. The summed E-state index contributed by atoms with van der Waals surface area (Å²) in [6.07, 6.45) is 5.30. The molecule has 1 fully saturated rings. The highest BCUT2D eigenvalue weighted by molar-refractivity contribution is 6.02. The zero-order valence-corrected chi connectivity index (χ0v) is 18.2. The number of carbonyl (C=O) groups is 2. The minimum Gasteiger partial charge on any atom is -0.345 e. The molecule has 2 aliphatic rings. The number of hydrogen-bond acceptors (Lipinski definition) is 3. The molecular formula is C22H34N4O2. The lowest BCUT2D eigenvalue weighted by atomic mass is 9.88. The van der Waals surface area contributed by atoms with E-state index in [1.807, 2.05) is 30.6 Å². The SMILES string of the molecule is Cc1nn(C)c(C)c1CCN(C)C(=O)CC1=C2CCCCC2N(C(C)C)C1=O. The summed E-state index contributed by atoms with van der Waals surface area (Å²) in [5.41, 5.74) is 5.37. The molecule has 1 saturated carbocycles. The molecule has 6 nitrogen and oxygen atoms in total. The standard InChI is InChI=1S/C22H34N4O2/c1-14(2)26-20-10-8-7-9-18(20)19(22(26)28)13-21(27)24(5)12-11-17-15(3)23-25(6)16(17)4/h14,20H,7-13H2,1-6H3. The first kappa shape index (κ1) is 20.6. The van der Waals surface area contributed by atoms with Crippen LogP contribution in [-0.4, -0.2) is 57.1 Å². The van der Waals surface area contributed by atoms with Gasteiger partial charge in [-0.15, -0.1) is 0 Å². The van der Waals surface area contributed by atoms with Crippen molar-refractivity contribution in [2.45, 2.75) is 78.3 Å². The molecule has 0 aromatic carbocycles. The van der Waals surface area contributed by atoms with E-state index in [0.29, 0.717) is 6.54 Å². The molecule has 0 radical (unpaired) electrons. The Balaban J connectivity index is 1.68. The maximum absolute atomic E-state index is 13.0. The number of hydrogen-bond donors (Lipinski definition) is 0. The summed E-state index contributed by atoms with van der Waals surface area (Å²) in [7, 11) is 3.79. The Morgan fingerprint density at radius 3 is 2.61 bits per heavy atom. The third kappa shape index (κ3) is 3.74. The Morgan fingerprint density at radius 2 is 2.00 bits per heavy atom. The zero-order chi connectivity index (χ0) is 20.6. The van der Waals surface area contributed by atoms with Crippen molar-refractivity contribution in [2.75, 3.05) is 13.6 Å². The van der Waals surface area contributed by atoms with E-state index in [1.54, 1.807) is 4.90 Å². The molecule has 28 heavy (non-hydrogen) atoms. The van der Waals surface area contributed by atoms with Gasteiger partial charge in [-0.05, 0) is 64.5 Å². The molecule has 1 aliphatic heterocycles. The van der Waals surface area contributed by atoms with Crippen LogP contribution < -0.4 is 0 Å². The minimum atomic E-state index is 0.0324. The number of carbonyl (C=O) groups excluding carboxylic acids is 2. The lowest BCUT2D eigenvalue weighted by molar-refractivity contribution is -0.133. The van der Waals surface area contributed by atoms with E-state index >= 15 is 0 Å². The zero-order valence-electron chi connectivity index (χ0n) is 18.2. The second-order valence-corrected chi connectivity index (χ2v) is 8.59. The van der Waals surface area contributed by atoms with Crippen molar-refractivity contribution in [3.8, 4) is 0 Å². The molecule has 1 aromatic rings. The van der Waals surface area contributed by atoms with Gasteiger partial charge < -0.3 is 9.80 Å². The summed E-state index contributed by atoms with van der Waals surface area (Å²) in [4.78, 5) is 29.7. The number of fused-ring (bicyclic) bond motifs is 1. The molecule has 0 bridgehead atoms. The molecule has 1 atom stereocenters. The number of rotatable bonds is 6. The molecule has 2 amide bonds.